The van der Waals surface area contributed by atoms with Crippen LogP contribution in [-0.4, -0.2) is 35.4 Å². The molecule has 0 aromatic rings. The molecule has 17 heavy (non-hydrogen) atoms. The van der Waals surface area contributed by atoms with Gasteiger partial charge in [0.1, 0.15) is 0 Å². The molecule has 0 aliphatic carbocycles. The standard InChI is InChI=1S/C10H18N2O5/c1-4-5(2)8(9(14)15)16-10(17-11)7(4)12-6(3)13/h4-5,7-8,10H,11H2,1-3H3,(H,12,13)(H,14,15)/t4-,5-,7+,8?,10?/m0/s1. The molecule has 0 bridgehead atoms. The molecule has 1 rings (SSSR count). The zero-order chi connectivity index (χ0) is 13.2. The second kappa shape index (κ2) is 5.44. The van der Waals surface area contributed by atoms with E-state index < -0.39 is 24.4 Å². The van der Waals surface area contributed by atoms with Gasteiger partial charge in [-0.05, 0) is 11.8 Å². The van der Waals surface area contributed by atoms with Crippen molar-refractivity contribution in [2.45, 2.75) is 39.2 Å². The molecule has 1 aliphatic heterocycles. The summed E-state index contributed by atoms with van der Waals surface area (Å²) in [7, 11) is 0. The van der Waals surface area contributed by atoms with Gasteiger partial charge in [0.15, 0.2) is 12.4 Å². The zero-order valence-electron chi connectivity index (χ0n) is 10.0. The number of nitrogens with two attached hydrogens (primary N) is 1. The average Bonchev–Trinajstić information content (AvgIpc) is 2.24. The number of carboxylic acids is 1. The molecule has 1 aliphatic rings. The fourth-order valence-corrected chi connectivity index (χ4v) is 2.04. The lowest BCUT2D eigenvalue weighted by atomic mass is 9.82. The Bertz CT molecular complexity index is 307. The van der Waals surface area contributed by atoms with E-state index in [1.54, 1.807) is 6.92 Å². The Kier molecular flexibility index (Phi) is 4.44. The first kappa shape index (κ1) is 13.9. The highest BCUT2D eigenvalue weighted by atomic mass is 16.8. The summed E-state index contributed by atoms with van der Waals surface area (Å²) in [6.45, 7) is 4.95. The monoisotopic (exact) mass is 246 g/mol. The van der Waals surface area contributed by atoms with E-state index in [9.17, 15) is 9.59 Å². The topological polar surface area (TPSA) is 111 Å². The molecule has 0 aromatic heterocycles. The lowest BCUT2D eigenvalue weighted by molar-refractivity contribution is -0.240. The molecule has 1 saturated heterocycles. The molecule has 0 radical (unpaired) electrons. The van der Waals surface area contributed by atoms with Crippen LogP contribution < -0.4 is 11.2 Å². The normalized spacial score (nSPS) is 37.5. The summed E-state index contributed by atoms with van der Waals surface area (Å²) in [6.07, 6.45) is -1.94. The Labute approximate surface area is 99.2 Å². The summed E-state index contributed by atoms with van der Waals surface area (Å²) in [4.78, 5) is 26.7. The van der Waals surface area contributed by atoms with Crippen LogP contribution in [0.4, 0.5) is 0 Å². The quantitative estimate of drug-likeness (QED) is 0.577. The minimum atomic E-state index is -1.06. The van der Waals surface area contributed by atoms with Gasteiger partial charge in [-0.3, -0.25) is 9.63 Å². The molecule has 7 heteroatoms. The van der Waals surface area contributed by atoms with Crippen LogP contribution in [0.3, 0.4) is 0 Å². The van der Waals surface area contributed by atoms with Crippen molar-refractivity contribution >= 4 is 11.9 Å². The fraction of sp³-hybridized carbons (Fsp3) is 0.800. The highest BCUT2D eigenvalue weighted by molar-refractivity contribution is 5.74. The number of hydrogen-bond acceptors (Lipinski definition) is 5. The summed E-state index contributed by atoms with van der Waals surface area (Å²) in [5.41, 5.74) is 0. The Balaban J connectivity index is 2.86. The number of amides is 1. The van der Waals surface area contributed by atoms with Gasteiger partial charge >= 0.3 is 5.97 Å². The molecular weight excluding hydrogens is 228 g/mol. The van der Waals surface area contributed by atoms with Gasteiger partial charge in [0.05, 0.1) is 6.04 Å². The SMILES string of the molecule is CC(=O)N[C@H]1C(ON)OC(C(=O)O)[C@@H](C)[C@@H]1C. The summed E-state index contributed by atoms with van der Waals surface area (Å²) in [6, 6.07) is -0.455. The molecule has 1 amide bonds. The summed E-state index contributed by atoms with van der Waals surface area (Å²) in [5.74, 6) is 3.39. The van der Waals surface area contributed by atoms with Crippen molar-refractivity contribution in [2.75, 3.05) is 0 Å². The molecule has 0 saturated carbocycles. The van der Waals surface area contributed by atoms with Gasteiger partial charge in [0, 0.05) is 6.92 Å². The number of hydrogen-bond donors (Lipinski definition) is 3. The van der Waals surface area contributed by atoms with E-state index in [0.717, 1.165) is 0 Å². The van der Waals surface area contributed by atoms with Crippen molar-refractivity contribution in [3.8, 4) is 0 Å². The minimum absolute atomic E-state index is 0.123. The smallest absolute Gasteiger partial charge is 0.333 e. The Morgan fingerprint density at radius 2 is 1.94 bits per heavy atom. The highest BCUT2D eigenvalue weighted by Crippen LogP contribution is 2.30. The molecule has 4 N–H and O–H groups in total. The molecule has 2 unspecified atom stereocenters. The van der Waals surface area contributed by atoms with Crippen LogP contribution in [0.5, 0.6) is 0 Å². The third-order valence-electron chi connectivity index (χ3n) is 3.19. The molecular formula is C10H18N2O5. The maximum Gasteiger partial charge on any atom is 0.333 e. The van der Waals surface area contributed by atoms with Gasteiger partial charge in [-0.25, -0.2) is 10.7 Å². The number of nitrogens with one attached hydrogen (secondary N) is 1. The second-order valence-corrected chi connectivity index (χ2v) is 4.34. The molecule has 1 heterocycles. The predicted molar refractivity (Wildman–Crippen MR) is 57.5 cm³/mol. The maximum absolute atomic E-state index is 11.1. The van der Waals surface area contributed by atoms with E-state index in [2.05, 4.69) is 10.2 Å². The number of carboxylic acid groups (broad SMARTS) is 1. The Morgan fingerprint density at radius 3 is 2.35 bits per heavy atom. The molecule has 7 nitrogen and oxygen atoms in total. The van der Waals surface area contributed by atoms with Crippen molar-refractivity contribution in [1.82, 2.24) is 5.32 Å². The van der Waals surface area contributed by atoms with E-state index in [0.29, 0.717) is 0 Å². The Morgan fingerprint density at radius 1 is 1.35 bits per heavy atom. The van der Waals surface area contributed by atoms with E-state index >= 15 is 0 Å². The van der Waals surface area contributed by atoms with E-state index in [4.69, 9.17) is 15.7 Å². The molecule has 5 atom stereocenters. The van der Waals surface area contributed by atoms with Crippen LogP contribution in [0.25, 0.3) is 0 Å². The van der Waals surface area contributed by atoms with Crippen molar-refractivity contribution in [1.29, 1.82) is 0 Å². The van der Waals surface area contributed by atoms with Crippen molar-refractivity contribution in [2.24, 2.45) is 17.7 Å². The number of rotatable bonds is 3. The number of aliphatic carboxylic acids is 1. The van der Waals surface area contributed by atoms with Crippen LogP contribution in [-0.2, 0) is 19.2 Å². The summed E-state index contributed by atoms with van der Waals surface area (Å²) < 4.78 is 5.23. The van der Waals surface area contributed by atoms with Gasteiger partial charge in [0.25, 0.3) is 0 Å². The van der Waals surface area contributed by atoms with Gasteiger partial charge in [-0.1, -0.05) is 13.8 Å². The number of carbonyl (C=O) groups is 2. The van der Waals surface area contributed by atoms with Crippen molar-refractivity contribution in [3.63, 3.8) is 0 Å². The summed E-state index contributed by atoms with van der Waals surface area (Å²) in [5, 5.41) is 11.7. The number of carbonyl (C=O) groups excluding carboxylic acids is 1. The van der Waals surface area contributed by atoms with Gasteiger partial charge in [0.2, 0.25) is 5.91 Å². The zero-order valence-corrected chi connectivity index (χ0v) is 10.0. The van der Waals surface area contributed by atoms with Crippen molar-refractivity contribution in [3.05, 3.63) is 0 Å². The van der Waals surface area contributed by atoms with E-state index in [1.807, 2.05) is 6.92 Å². The van der Waals surface area contributed by atoms with E-state index in [1.165, 1.54) is 6.92 Å². The molecule has 1 fully saturated rings. The maximum atomic E-state index is 11.1. The van der Waals surface area contributed by atoms with Crippen LogP contribution in [0.2, 0.25) is 0 Å². The summed E-state index contributed by atoms with van der Waals surface area (Å²) >= 11 is 0. The van der Waals surface area contributed by atoms with Crippen LogP contribution in [0, 0.1) is 11.8 Å². The third-order valence-corrected chi connectivity index (χ3v) is 3.19. The van der Waals surface area contributed by atoms with Crippen LogP contribution >= 0.6 is 0 Å². The Hall–Kier alpha value is -1.18. The first-order chi connectivity index (χ1) is 7.88. The fourth-order valence-electron chi connectivity index (χ4n) is 2.04. The average molecular weight is 246 g/mol. The van der Waals surface area contributed by atoms with Gasteiger partial charge in [-0.2, -0.15) is 0 Å². The minimum Gasteiger partial charge on any atom is -0.479 e. The third kappa shape index (κ3) is 2.93. The second-order valence-electron chi connectivity index (χ2n) is 4.34. The van der Waals surface area contributed by atoms with Gasteiger partial charge in [-0.15, -0.1) is 0 Å². The van der Waals surface area contributed by atoms with Crippen LogP contribution in [0.1, 0.15) is 20.8 Å². The van der Waals surface area contributed by atoms with E-state index in [-0.39, 0.29) is 17.7 Å². The predicted octanol–water partition coefficient (Wildman–Crippen LogP) is -0.537. The van der Waals surface area contributed by atoms with Crippen LogP contribution in [0.15, 0.2) is 0 Å². The lowest BCUT2D eigenvalue weighted by Gasteiger charge is -2.42. The molecule has 0 spiro atoms. The van der Waals surface area contributed by atoms with Crippen molar-refractivity contribution < 1.29 is 24.3 Å². The highest BCUT2D eigenvalue weighted by Gasteiger charge is 2.45. The van der Waals surface area contributed by atoms with Gasteiger partial charge < -0.3 is 15.2 Å². The lowest BCUT2D eigenvalue weighted by Crippen LogP contribution is -2.59. The molecule has 0 aromatic carbocycles. The number of ether oxygens (including phenoxy) is 1. The first-order valence-corrected chi connectivity index (χ1v) is 5.39. The molecule has 98 valence electrons. The first-order valence-electron chi connectivity index (χ1n) is 5.39. The largest absolute Gasteiger partial charge is 0.479 e.